The summed E-state index contributed by atoms with van der Waals surface area (Å²) in [5.41, 5.74) is 0. The quantitative estimate of drug-likeness (QED) is 0.244. The van der Waals surface area contributed by atoms with Gasteiger partial charge in [-0.2, -0.15) is 0 Å². The Labute approximate surface area is 75.6 Å². The normalized spacial score (nSPS) is 11.0. The Hall–Kier alpha value is -0.120. The number of hydrogen-bond donors (Lipinski definition) is 0. The standard InChI is InChI=1S/C9H21NO2/c1-4-7-10(8-5-2)9-12-11-6-3/h4-9H2,1-3H3. The second-order valence-corrected chi connectivity index (χ2v) is 2.77. The molecule has 0 radical (unpaired) electrons. The first-order valence-electron chi connectivity index (χ1n) is 4.81. The molecule has 0 heterocycles. The van der Waals surface area contributed by atoms with Crippen LogP contribution in [0, 0.1) is 0 Å². The van der Waals surface area contributed by atoms with E-state index in [0.29, 0.717) is 13.3 Å². The van der Waals surface area contributed by atoms with Gasteiger partial charge in [0.2, 0.25) is 0 Å². The van der Waals surface area contributed by atoms with Crippen molar-refractivity contribution in [2.45, 2.75) is 33.6 Å². The van der Waals surface area contributed by atoms with Crippen LogP contribution in [0.5, 0.6) is 0 Å². The van der Waals surface area contributed by atoms with Gasteiger partial charge in [0.25, 0.3) is 0 Å². The van der Waals surface area contributed by atoms with Crippen LogP contribution in [0.4, 0.5) is 0 Å². The van der Waals surface area contributed by atoms with Crippen molar-refractivity contribution in [2.24, 2.45) is 0 Å². The fourth-order valence-electron chi connectivity index (χ4n) is 1.07. The third-order valence-electron chi connectivity index (χ3n) is 1.52. The Morgan fingerprint density at radius 2 is 1.50 bits per heavy atom. The molecule has 0 aliphatic rings. The van der Waals surface area contributed by atoms with E-state index >= 15 is 0 Å². The van der Waals surface area contributed by atoms with Crippen LogP contribution in [0.1, 0.15) is 33.6 Å². The van der Waals surface area contributed by atoms with Gasteiger partial charge in [0.1, 0.15) is 6.73 Å². The molecular weight excluding hydrogens is 154 g/mol. The van der Waals surface area contributed by atoms with Gasteiger partial charge in [-0.15, -0.1) is 0 Å². The van der Waals surface area contributed by atoms with E-state index in [0.717, 1.165) is 25.9 Å². The van der Waals surface area contributed by atoms with E-state index in [1.807, 2.05) is 6.92 Å². The Balaban J connectivity index is 3.34. The van der Waals surface area contributed by atoms with Crippen LogP contribution in [-0.2, 0) is 9.78 Å². The summed E-state index contributed by atoms with van der Waals surface area (Å²) in [5.74, 6) is 0. The smallest absolute Gasteiger partial charge is 0.135 e. The van der Waals surface area contributed by atoms with Crippen molar-refractivity contribution < 1.29 is 9.78 Å². The molecule has 0 atom stereocenters. The Morgan fingerprint density at radius 3 is 1.92 bits per heavy atom. The second-order valence-electron chi connectivity index (χ2n) is 2.77. The summed E-state index contributed by atoms with van der Waals surface area (Å²) in [6.07, 6.45) is 2.32. The largest absolute Gasteiger partial charge is 0.278 e. The number of rotatable bonds is 8. The van der Waals surface area contributed by atoms with Crippen molar-refractivity contribution in [1.82, 2.24) is 4.90 Å². The molecule has 3 nitrogen and oxygen atoms in total. The Kier molecular flexibility index (Phi) is 8.88. The summed E-state index contributed by atoms with van der Waals surface area (Å²) >= 11 is 0. The van der Waals surface area contributed by atoms with E-state index in [1.165, 1.54) is 0 Å². The van der Waals surface area contributed by atoms with Gasteiger partial charge in [0.15, 0.2) is 0 Å². The second kappa shape index (κ2) is 8.97. The predicted octanol–water partition coefficient (Wildman–Crippen LogP) is 2.03. The Morgan fingerprint density at radius 1 is 0.917 bits per heavy atom. The molecule has 0 bridgehead atoms. The highest BCUT2D eigenvalue weighted by molar-refractivity contribution is 4.48. The average molecular weight is 175 g/mol. The molecule has 0 aromatic rings. The SMILES string of the molecule is CCCN(CCC)COOCC. The first kappa shape index (κ1) is 11.9. The van der Waals surface area contributed by atoms with Crippen LogP contribution in [0.3, 0.4) is 0 Å². The topological polar surface area (TPSA) is 21.7 Å². The van der Waals surface area contributed by atoms with E-state index < -0.39 is 0 Å². The molecular formula is C9H21NO2. The van der Waals surface area contributed by atoms with Gasteiger partial charge in [-0.05, 0) is 19.8 Å². The highest BCUT2D eigenvalue weighted by atomic mass is 17.2. The zero-order valence-corrected chi connectivity index (χ0v) is 8.51. The monoisotopic (exact) mass is 175 g/mol. The maximum atomic E-state index is 4.98. The molecule has 74 valence electrons. The van der Waals surface area contributed by atoms with E-state index in [2.05, 4.69) is 18.7 Å². The van der Waals surface area contributed by atoms with Gasteiger partial charge >= 0.3 is 0 Å². The summed E-state index contributed by atoms with van der Waals surface area (Å²) in [4.78, 5) is 12.0. The molecule has 3 heteroatoms. The van der Waals surface area contributed by atoms with Crippen molar-refractivity contribution in [3.63, 3.8) is 0 Å². The minimum atomic E-state index is 0.593. The van der Waals surface area contributed by atoms with Gasteiger partial charge in [0.05, 0.1) is 6.61 Å². The van der Waals surface area contributed by atoms with Gasteiger partial charge < -0.3 is 0 Å². The number of hydrogen-bond acceptors (Lipinski definition) is 3. The van der Waals surface area contributed by atoms with Crippen molar-refractivity contribution in [3.05, 3.63) is 0 Å². The minimum absolute atomic E-state index is 0.593. The summed E-state index contributed by atoms with van der Waals surface area (Å²) < 4.78 is 0. The van der Waals surface area contributed by atoms with Crippen molar-refractivity contribution in [3.8, 4) is 0 Å². The molecule has 0 amide bonds. The summed E-state index contributed by atoms with van der Waals surface area (Å²) in [6.45, 7) is 9.64. The van der Waals surface area contributed by atoms with Gasteiger partial charge in [-0.25, -0.2) is 9.78 Å². The molecule has 0 rings (SSSR count). The van der Waals surface area contributed by atoms with Crippen molar-refractivity contribution in [1.29, 1.82) is 0 Å². The minimum Gasteiger partial charge on any atom is -0.278 e. The van der Waals surface area contributed by atoms with Gasteiger partial charge in [-0.1, -0.05) is 13.8 Å². The van der Waals surface area contributed by atoms with Crippen LogP contribution >= 0.6 is 0 Å². The molecule has 0 saturated carbocycles. The zero-order chi connectivity index (χ0) is 9.23. The van der Waals surface area contributed by atoms with Crippen LogP contribution < -0.4 is 0 Å². The lowest BCUT2D eigenvalue weighted by molar-refractivity contribution is -0.312. The molecule has 0 aliphatic carbocycles. The molecule has 12 heavy (non-hydrogen) atoms. The van der Waals surface area contributed by atoms with Crippen LogP contribution in [0.15, 0.2) is 0 Å². The van der Waals surface area contributed by atoms with Crippen LogP contribution in [0.25, 0.3) is 0 Å². The summed E-state index contributed by atoms with van der Waals surface area (Å²) in [7, 11) is 0. The third-order valence-corrected chi connectivity index (χ3v) is 1.52. The highest BCUT2D eigenvalue weighted by Gasteiger charge is 2.01. The van der Waals surface area contributed by atoms with Crippen LogP contribution in [0.2, 0.25) is 0 Å². The Bertz CT molecular complexity index is 82.6. The lowest BCUT2D eigenvalue weighted by Gasteiger charge is -2.19. The lowest BCUT2D eigenvalue weighted by atomic mass is 10.4. The highest BCUT2D eigenvalue weighted by Crippen LogP contribution is 1.94. The summed E-state index contributed by atoms with van der Waals surface area (Å²) in [5, 5.41) is 0. The zero-order valence-electron chi connectivity index (χ0n) is 8.51. The fraction of sp³-hybridized carbons (Fsp3) is 1.00. The average Bonchev–Trinajstić information content (AvgIpc) is 2.06. The molecule has 0 fully saturated rings. The first-order valence-corrected chi connectivity index (χ1v) is 4.81. The maximum Gasteiger partial charge on any atom is 0.135 e. The van der Waals surface area contributed by atoms with E-state index in [-0.39, 0.29) is 0 Å². The van der Waals surface area contributed by atoms with Gasteiger partial charge in [-0.3, -0.25) is 4.90 Å². The molecule has 0 aromatic carbocycles. The molecule has 0 aliphatic heterocycles. The maximum absolute atomic E-state index is 4.98. The third kappa shape index (κ3) is 6.58. The van der Waals surface area contributed by atoms with Crippen LogP contribution in [-0.4, -0.2) is 31.3 Å². The first-order chi connectivity index (χ1) is 5.85. The molecule has 0 unspecified atom stereocenters. The van der Waals surface area contributed by atoms with E-state index in [9.17, 15) is 0 Å². The number of nitrogens with zero attached hydrogens (tertiary/aromatic N) is 1. The predicted molar refractivity (Wildman–Crippen MR) is 49.7 cm³/mol. The molecule has 0 saturated heterocycles. The van der Waals surface area contributed by atoms with E-state index in [4.69, 9.17) is 9.78 Å². The van der Waals surface area contributed by atoms with Gasteiger partial charge in [0, 0.05) is 13.1 Å². The van der Waals surface area contributed by atoms with Crippen molar-refractivity contribution in [2.75, 3.05) is 26.4 Å². The van der Waals surface area contributed by atoms with Crippen molar-refractivity contribution >= 4 is 0 Å². The fourth-order valence-corrected chi connectivity index (χ4v) is 1.07. The molecule has 0 N–H and O–H groups in total. The summed E-state index contributed by atoms with van der Waals surface area (Å²) in [6, 6.07) is 0. The molecule has 0 aromatic heterocycles. The molecule has 0 spiro atoms. The lowest BCUT2D eigenvalue weighted by Crippen LogP contribution is -2.28. The van der Waals surface area contributed by atoms with E-state index in [1.54, 1.807) is 0 Å².